The van der Waals surface area contributed by atoms with E-state index < -0.39 is 0 Å². The molecule has 0 spiro atoms. The number of hydrogen-bond acceptors (Lipinski definition) is 0. The number of aryl methyl sites for hydroxylation is 2. The molecule has 0 aliphatic heterocycles. The van der Waals surface area contributed by atoms with Gasteiger partial charge < -0.3 is 0 Å². The molecule has 0 bridgehead atoms. The van der Waals surface area contributed by atoms with Crippen LogP contribution in [0.25, 0.3) is 0 Å². The molecule has 0 aliphatic carbocycles. The topological polar surface area (TPSA) is 8.81 Å². The molecule has 26 heavy (non-hydrogen) atoms. The largest absolute Gasteiger partial charge is 0.256 e. The molecular weight excluding hydrogens is 316 g/mol. The molecule has 0 unspecified atom stereocenters. The predicted octanol–water partition coefficient (Wildman–Crippen LogP) is 7.23. The first-order chi connectivity index (χ1) is 12.8. The smallest absolute Gasteiger partial charge is 0.235 e. The van der Waals surface area contributed by atoms with E-state index in [0.29, 0.717) is 0 Å². The van der Waals surface area contributed by atoms with Gasteiger partial charge in [-0.05, 0) is 26.2 Å². The van der Waals surface area contributed by atoms with E-state index in [1.807, 2.05) is 0 Å². The van der Waals surface area contributed by atoms with Crippen LogP contribution >= 0.6 is 0 Å². The van der Waals surface area contributed by atoms with Gasteiger partial charge in [0, 0.05) is 6.42 Å². The zero-order valence-corrected chi connectivity index (χ0v) is 18.3. The Bertz CT molecular complexity index is 422. The van der Waals surface area contributed by atoms with Crippen LogP contribution < -0.4 is 4.57 Å². The van der Waals surface area contributed by atoms with Gasteiger partial charge in [0.15, 0.2) is 0 Å². The molecule has 1 heterocycles. The monoisotopic (exact) mass is 363 g/mol. The molecule has 1 aromatic heterocycles. The number of hydrogen-bond donors (Lipinski definition) is 0. The Morgan fingerprint density at radius 1 is 0.654 bits per heavy atom. The minimum Gasteiger partial charge on any atom is -0.235 e. The van der Waals surface area contributed by atoms with E-state index in [2.05, 4.69) is 42.3 Å². The van der Waals surface area contributed by atoms with Crippen molar-refractivity contribution in [2.24, 2.45) is 0 Å². The summed E-state index contributed by atoms with van der Waals surface area (Å²) in [4.78, 5) is 0. The summed E-state index contributed by atoms with van der Waals surface area (Å²) in [5, 5.41) is 0. The molecule has 0 radical (unpaired) electrons. The van der Waals surface area contributed by atoms with Crippen molar-refractivity contribution >= 4 is 0 Å². The standard InChI is InChI=1S/C24H47N2/c1-4-7-9-11-13-14-16-18-20-24-25(6-3)22-23-26(24)21-19-17-15-12-10-8-5-2/h22-23H,4-21H2,1-3H3/q+1. The van der Waals surface area contributed by atoms with Crippen molar-refractivity contribution in [3.63, 3.8) is 0 Å². The fourth-order valence-electron chi connectivity index (χ4n) is 3.93. The Hall–Kier alpha value is -0.790. The summed E-state index contributed by atoms with van der Waals surface area (Å²) in [6.45, 7) is 9.19. The lowest BCUT2D eigenvalue weighted by atomic mass is 10.1. The van der Waals surface area contributed by atoms with Crippen molar-refractivity contribution < 1.29 is 4.57 Å². The highest BCUT2D eigenvalue weighted by Crippen LogP contribution is 2.11. The van der Waals surface area contributed by atoms with Gasteiger partial charge in [0.05, 0.1) is 13.1 Å². The minimum atomic E-state index is 1.11. The van der Waals surface area contributed by atoms with Gasteiger partial charge in [-0.2, -0.15) is 0 Å². The molecule has 0 saturated heterocycles. The van der Waals surface area contributed by atoms with Crippen LogP contribution in [0.4, 0.5) is 0 Å². The summed E-state index contributed by atoms with van der Waals surface area (Å²) in [5.74, 6) is 1.56. The van der Waals surface area contributed by atoms with Crippen molar-refractivity contribution in [2.75, 3.05) is 0 Å². The summed E-state index contributed by atoms with van der Waals surface area (Å²) < 4.78 is 5.00. The van der Waals surface area contributed by atoms with E-state index in [4.69, 9.17) is 0 Å². The van der Waals surface area contributed by atoms with Gasteiger partial charge in [0.2, 0.25) is 0 Å². The van der Waals surface area contributed by atoms with E-state index in [1.54, 1.807) is 5.82 Å². The van der Waals surface area contributed by atoms with Crippen molar-refractivity contribution in [2.45, 2.75) is 137 Å². The van der Waals surface area contributed by atoms with E-state index in [9.17, 15) is 0 Å². The lowest BCUT2D eigenvalue weighted by Crippen LogP contribution is -2.37. The van der Waals surface area contributed by atoms with E-state index in [1.165, 1.54) is 109 Å². The molecule has 1 rings (SSSR count). The third kappa shape index (κ3) is 10.4. The zero-order valence-electron chi connectivity index (χ0n) is 18.3. The van der Waals surface area contributed by atoms with Crippen LogP contribution in [0, 0.1) is 0 Å². The van der Waals surface area contributed by atoms with Gasteiger partial charge in [0.1, 0.15) is 12.4 Å². The van der Waals surface area contributed by atoms with Gasteiger partial charge >= 0.3 is 0 Å². The second kappa shape index (κ2) is 16.4. The molecule has 0 N–H and O–H groups in total. The Morgan fingerprint density at radius 2 is 1.15 bits per heavy atom. The first-order valence-corrected chi connectivity index (χ1v) is 11.9. The van der Waals surface area contributed by atoms with Crippen molar-refractivity contribution in [3.05, 3.63) is 18.2 Å². The van der Waals surface area contributed by atoms with E-state index in [0.717, 1.165) is 6.54 Å². The molecule has 0 saturated carbocycles. The first kappa shape index (κ1) is 23.2. The van der Waals surface area contributed by atoms with Crippen LogP contribution in [0.15, 0.2) is 12.4 Å². The summed E-state index contributed by atoms with van der Waals surface area (Å²) in [6.07, 6.45) is 26.9. The second-order valence-corrected chi connectivity index (χ2v) is 8.04. The van der Waals surface area contributed by atoms with E-state index >= 15 is 0 Å². The molecule has 0 aliphatic rings. The number of aromatic nitrogens is 2. The van der Waals surface area contributed by atoms with Gasteiger partial charge in [-0.15, -0.1) is 0 Å². The summed E-state index contributed by atoms with van der Waals surface area (Å²) in [5.41, 5.74) is 0. The molecule has 2 nitrogen and oxygen atoms in total. The van der Waals surface area contributed by atoms with Crippen molar-refractivity contribution in [3.8, 4) is 0 Å². The lowest BCUT2D eigenvalue weighted by molar-refractivity contribution is -0.704. The molecule has 0 fully saturated rings. The van der Waals surface area contributed by atoms with E-state index in [-0.39, 0.29) is 0 Å². The fraction of sp³-hybridized carbons (Fsp3) is 0.875. The maximum Gasteiger partial charge on any atom is 0.256 e. The number of nitrogens with zero attached hydrogens (tertiary/aromatic N) is 2. The maximum atomic E-state index is 2.54. The fourth-order valence-corrected chi connectivity index (χ4v) is 3.93. The molecule has 152 valence electrons. The van der Waals surface area contributed by atoms with Crippen molar-refractivity contribution in [1.29, 1.82) is 0 Å². The van der Waals surface area contributed by atoms with Gasteiger partial charge in [-0.3, -0.25) is 0 Å². The van der Waals surface area contributed by atoms with Gasteiger partial charge in [0.25, 0.3) is 5.82 Å². The van der Waals surface area contributed by atoms with Crippen molar-refractivity contribution in [1.82, 2.24) is 4.57 Å². The Morgan fingerprint density at radius 3 is 1.69 bits per heavy atom. The maximum absolute atomic E-state index is 2.54. The quantitative estimate of drug-likeness (QED) is 0.192. The third-order valence-corrected chi connectivity index (χ3v) is 5.69. The summed E-state index contributed by atoms with van der Waals surface area (Å²) in [7, 11) is 0. The molecule has 0 aromatic carbocycles. The van der Waals surface area contributed by atoms with Crippen LogP contribution in [0.3, 0.4) is 0 Å². The Kier molecular flexibility index (Phi) is 14.7. The van der Waals surface area contributed by atoms with Crippen LogP contribution in [0.5, 0.6) is 0 Å². The van der Waals surface area contributed by atoms with Crippen LogP contribution in [0.2, 0.25) is 0 Å². The minimum absolute atomic E-state index is 1.11. The van der Waals surface area contributed by atoms with Gasteiger partial charge in [-0.1, -0.05) is 90.9 Å². The SMILES string of the molecule is CCCCCCCCCCc1n(CC)cc[n+]1CCCCCCCCC. The molecule has 0 amide bonds. The highest BCUT2D eigenvalue weighted by molar-refractivity contribution is 4.83. The molecule has 0 atom stereocenters. The van der Waals surface area contributed by atoms with Crippen LogP contribution in [0.1, 0.15) is 123 Å². The Balaban J connectivity index is 2.21. The summed E-state index contributed by atoms with van der Waals surface area (Å²) in [6, 6.07) is 0. The zero-order chi connectivity index (χ0) is 18.9. The van der Waals surface area contributed by atoms with Crippen LogP contribution in [-0.4, -0.2) is 4.57 Å². The highest BCUT2D eigenvalue weighted by Gasteiger charge is 2.15. The average Bonchev–Trinajstić information content (AvgIpc) is 3.05. The molecule has 1 aromatic rings. The van der Waals surface area contributed by atoms with Gasteiger partial charge in [-0.25, -0.2) is 9.13 Å². The number of unbranched alkanes of at least 4 members (excludes halogenated alkanes) is 13. The molecule has 2 heteroatoms. The number of rotatable bonds is 18. The van der Waals surface area contributed by atoms with Crippen LogP contribution in [-0.2, 0) is 19.5 Å². The second-order valence-electron chi connectivity index (χ2n) is 8.04. The lowest BCUT2D eigenvalue weighted by Gasteiger charge is -2.05. The summed E-state index contributed by atoms with van der Waals surface area (Å²) >= 11 is 0. The number of imidazole rings is 1. The average molecular weight is 364 g/mol. The highest BCUT2D eigenvalue weighted by atomic mass is 15.1. The Labute approximate surface area is 164 Å². The predicted molar refractivity (Wildman–Crippen MR) is 115 cm³/mol. The third-order valence-electron chi connectivity index (χ3n) is 5.69. The first-order valence-electron chi connectivity index (χ1n) is 11.9. The normalized spacial score (nSPS) is 11.3. The molecular formula is C24H47N2+.